The number of rotatable bonds is 18. The van der Waals surface area contributed by atoms with E-state index in [9.17, 15) is 14.0 Å². The monoisotopic (exact) mass is 553 g/mol. The highest BCUT2D eigenvalue weighted by Crippen LogP contribution is 2.21. The Labute approximate surface area is 235 Å². The Bertz CT molecular complexity index is 1190. The molecule has 0 unspecified atom stereocenters. The second kappa shape index (κ2) is 17.5. The molecule has 0 aliphatic rings. The van der Waals surface area contributed by atoms with Gasteiger partial charge in [0, 0.05) is 42.9 Å². The summed E-state index contributed by atoms with van der Waals surface area (Å²) in [6.07, 6.45) is 19.2. The van der Waals surface area contributed by atoms with Crippen molar-refractivity contribution in [2.45, 2.75) is 95.0 Å². The maximum Gasteiger partial charge on any atom is 0.277 e. The largest absolute Gasteiger partial charge is 0.355 e. The van der Waals surface area contributed by atoms with Gasteiger partial charge in [-0.2, -0.15) is 4.98 Å². The fraction of sp³-hybridized carbons (Fsp3) is 0.500. The summed E-state index contributed by atoms with van der Waals surface area (Å²) in [5.41, 5.74) is 1.82. The van der Waals surface area contributed by atoms with E-state index < -0.39 is 0 Å². The molecule has 3 rings (SSSR count). The first-order chi connectivity index (χ1) is 19.0. The number of hydrogen-bond acceptors (Lipinski definition) is 6. The van der Waals surface area contributed by atoms with Crippen LogP contribution in [0.25, 0.3) is 0 Å². The van der Waals surface area contributed by atoms with Crippen LogP contribution in [-0.2, 0) is 23.5 Å². The molecule has 0 fully saturated rings. The van der Waals surface area contributed by atoms with Gasteiger partial charge in [-0.1, -0.05) is 88.6 Å². The molecule has 210 valence electrons. The van der Waals surface area contributed by atoms with Gasteiger partial charge in [-0.05, 0) is 29.7 Å². The average Bonchev–Trinajstić information content (AvgIpc) is 2.94. The van der Waals surface area contributed by atoms with Crippen LogP contribution in [-0.4, -0.2) is 32.0 Å². The second-order valence-electron chi connectivity index (χ2n) is 9.85. The van der Waals surface area contributed by atoms with Gasteiger partial charge in [0.25, 0.3) is 5.56 Å². The number of hydrogen-bond donors (Lipinski definition) is 1. The molecule has 39 heavy (non-hydrogen) atoms. The zero-order chi connectivity index (χ0) is 27.7. The first kappa shape index (κ1) is 30.5. The molecule has 1 N–H and O–H groups in total. The number of carbonyl (C=O) groups excluding carboxylic acids is 1. The van der Waals surface area contributed by atoms with Crippen LogP contribution in [0.3, 0.4) is 0 Å². The van der Waals surface area contributed by atoms with Crippen molar-refractivity contribution < 1.29 is 9.18 Å². The van der Waals surface area contributed by atoms with Crippen LogP contribution in [0.5, 0.6) is 0 Å². The molecule has 0 saturated carbocycles. The molecule has 9 heteroatoms. The van der Waals surface area contributed by atoms with E-state index in [1.807, 2.05) is 0 Å². The van der Waals surface area contributed by atoms with Crippen molar-refractivity contribution in [2.75, 3.05) is 6.54 Å². The molecule has 3 aromatic rings. The van der Waals surface area contributed by atoms with Crippen molar-refractivity contribution in [3.05, 3.63) is 82.0 Å². The maximum absolute atomic E-state index is 13.3. The molecule has 0 aliphatic carbocycles. The predicted molar refractivity (Wildman–Crippen MR) is 154 cm³/mol. The lowest BCUT2D eigenvalue weighted by molar-refractivity contribution is -0.121. The summed E-state index contributed by atoms with van der Waals surface area (Å²) in [5, 5.41) is 3.46. The molecule has 0 saturated heterocycles. The number of nitrogens with zero attached hydrogens (tertiary/aromatic N) is 4. The number of unbranched alkanes of at least 4 members (excludes halogenated alkanes) is 9. The van der Waals surface area contributed by atoms with Gasteiger partial charge in [0.05, 0.1) is 0 Å². The summed E-state index contributed by atoms with van der Waals surface area (Å²) >= 11 is 1.35. The van der Waals surface area contributed by atoms with Crippen molar-refractivity contribution >= 4 is 17.7 Å². The minimum Gasteiger partial charge on any atom is -0.355 e. The number of aromatic nitrogens is 4. The Morgan fingerprint density at radius 1 is 0.923 bits per heavy atom. The zero-order valence-electron chi connectivity index (χ0n) is 22.9. The molecule has 0 aliphatic heterocycles. The van der Waals surface area contributed by atoms with Crippen molar-refractivity contribution in [2.24, 2.45) is 0 Å². The van der Waals surface area contributed by atoms with Gasteiger partial charge in [0.2, 0.25) is 5.91 Å². The molecular weight excluding hydrogens is 513 g/mol. The summed E-state index contributed by atoms with van der Waals surface area (Å²) < 4.78 is 15.0. The van der Waals surface area contributed by atoms with E-state index in [-0.39, 0.29) is 23.8 Å². The van der Waals surface area contributed by atoms with Crippen LogP contribution in [0.4, 0.5) is 4.39 Å². The summed E-state index contributed by atoms with van der Waals surface area (Å²) in [6.45, 7) is 2.94. The van der Waals surface area contributed by atoms with Gasteiger partial charge in [0.1, 0.15) is 18.7 Å². The van der Waals surface area contributed by atoms with Gasteiger partial charge in [0.15, 0.2) is 5.16 Å². The Morgan fingerprint density at radius 3 is 2.23 bits per heavy atom. The van der Waals surface area contributed by atoms with Gasteiger partial charge >= 0.3 is 0 Å². The SMILES string of the molecule is CCCCCCCCCCCCNC(=O)Cn1cc(Cc2cncnc2)c(=O)nc1SCc1ccc(F)cc1. The van der Waals surface area contributed by atoms with Crippen LogP contribution < -0.4 is 10.9 Å². The average molecular weight is 554 g/mol. The third-order valence-corrected chi connectivity index (χ3v) is 7.55. The van der Waals surface area contributed by atoms with Crippen LogP contribution in [0.1, 0.15) is 87.8 Å². The molecule has 2 aromatic heterocycles. The van der Waals surface area contributed by atoms with Gasteiger partial charge in [-0.15, -0.1) is 0 Å². The van der Waals surface area contributed by atoms with Crippen LogP contribution in [0, 0.1) is 5.82 Å². The topological polar surface area (TPSA) is 89.8 Å². The summed E-state index contributed by atoms with van der Waals surface area (Å²) in [6, 6.07) is 6.21. The molecule has 0 radical (unpaired) electrons. The molecule has 1 aromatic carbocycles. The number of amides is 1. The maximum atomic E-state index is 13.3. The van der Waals surface area contributed by atoms with E-state index in [1.165, 1.54) is 81.6 Å². The third-order valence-electron chi connectivity index (χ3n) is 6.49. The molecule has 0 spiro atoms. The van der Waals surface area contributed by atoms with E-state index in [4.69, 9.17) is 0 Å². The number of thioether (sulfide) groups is 1. The van der Waals surface area contributed by atoms with E-state index in [0.717, 1.165) is 24.0 Å². The van der Waals surface area contributed by atoms with E-state index in [1.54, 1.807) is 35.3 Å². The van der Waals surface area contributed by atoms with Crippen LogP contribution in [0.15, 0.2) is 59.1 Å². The highest BCUT2D eigenvalue weighted by atomic mass is 32.2. The van der Waals surface area contributed by atoms with Crippen molar-refractivity contribution in [1.82, 2.24) is 24.8 Å². The van der Waals surface area contributed by atoms with Crippen molar-refractivity contribution in [3.63, 3.8) is 0 Å². The lowest BCUT2D eigenvalue weighted by Gasteiger charge is -2.14. The fourth-order valence-electron chi connectivity index (χ4n) is 4.29. The van der Waals surface area contributed by atoms with Gasteiger partial charge in [-0.3, -0.25) is 9.59 Å². The summed E-state index contributed by atoms with van der Waals surface area (Å²) in [7, 11) is 0. The third kappa shape index (κ3) is 11.7. The normalized spacial score (nSPS) is 11.0. The first-order valence-corrected chi connectivity index (χ1v) is 15.0. The Morgan fingerprint density at radius 2 is 1.56 bits per heavy atom. The van der Waals surface area contributed by atoms with E-state index in [0.29, 0.717) is 29.4 Å². The fourth-order valence-corrected chi connectivity index (χ4v) is 5.21. The van der Waals surface area contributed by atoms with Crippen molar-refractivity contribution in [3.8, 4) is 0 Å². The van der Waals surface area contributed by atoms with Crippen molar-refractivity contribution in [1.29, 1.82) is 0 Å². The quantitative estimate of drug-likeness (QED) is 0.116. The number of halogens is 1. The smallest absolute Gasteiger partial charge is 0.277 e. The number of carbonyl (C=O) groups is 1. The Kier molecular flexibility index (Phi) is 13.7. The second-order valence-corrected chi connectivity index (χ2v) is 10.8. The zero-order valence-corrected chi connectivity index (χ0v) is 23.7. The molecule has 7 nitrogen and oxygen atoms in total. The summed E-state index contributed by atoms with van der Waals surface area (Å²) in [4.78, 5) is 37.9. The predicted octanol–water partition coefficient (Wildman–Crippen LogP) is 6.09. The Balaban J connectivity index is 1.53. The van der Waals surface area contributed by atoms with E-state index >= 15 is 0 Å². The molecular formula is C30H40FN5O2S. The van der Waals surface area contributed by atoms with Gasteiger partial charge < -0.3 is 9.88 Å². The molecule has 0 bridgehead atoms. The minimum absolute atomic E-state index is 0.0646. The van der Waals surface area contributed by atoms with Crippen LogP contribution in [0.2, 0.25) is 0 Å². The standard InChI is InChI=1S/C30H40FN5O2S/c1-2-3-4-5-6-7-8-9-10-11-16-34-28(37)21-36-20-26(17-25-18-32-23-33-19-25)29(38)35-30(36)39-22-24-12-14-27(31)15-13-24/h12-15,18-20,23H,2-11,16-17,21-22H2,1H3,(H,34,37). The molecule has 1 amide bonds. The molecule has 0 atom stereocenters. The lowest BCUT2D eigenvalue weighted by Crippen LogP contribution is -2.30. The number of benzene rings is 1. The first-order valence-electron chi connectivity index (χ1n) is 14.0. The molecule has 2 heterocycles. The van der Waals surface area contributed by atoms with Crippen LogP contribution >= 0.6 is 11.8 Å². The highest BCUT2D eigenvalue weighted by Gasteiger charge is 2.13. The lowest BCUT2D eigenvalue weighted by atomic mass is 10.1. The van der Waals surface area contributed by atoms with E-state index in [2.05, 4.69) is 27.2 Å². The Hall–Kier alpha value is -3.07. The summed E-state index contributed by atoms with van der Waals surface area (Å²) in [5.74, 6) is 0.0832. The number of nitrogens with one attached hydrogen (secondary N) is 1. The van der Waals surface area contributed by atoms with Gasteiger partial charge in [-0.25, -0.2) is 14.4 Å². The minimum atomic E-state index is -0.345. The highest BCUT2D eigenvalue weighted by molar-refractivity contribution is 7.98.